The van der Waals surface area contributed by atoms with E-state index in [0.717, 1.165) is 0 Å². The number of terminal acetylenes is 1. The first-order chi connectivity index (χ1) is 2.91. The Bertz CT molecular complexity index is 70.1. The van der Waals surface area contributed by atoms with Gasteiger partial charge in [0.05, 0.1) is 0 Å². The average molecular weight is 84.1 g/mol. The number of carbonyl (C=O) groups is 1. The lowest BCUT2D eigenvalue weighted by Gasteiger charge is -1.79. The molecule has 0 bridgehead atoms. The zero-order valence-corrected chi connectivity index (χ0v) is 3.18. The van der Waals surface area contributed by atoms with Crippen LogP contribution in [0.3, 0.4) is 0 Å². The highest BCUT2D eigenvalue weighted by molar-refractivity contribution is 5.37. The summed E-state index contributed by atoms with van der Waals surface area (Å²) in [6.45, 7) is 0.392. The van der Waals surface area contributed by atoms with Crippen LogP contribution in [0.15, 0.2) is 0 Å². The first-order valence-corrected chi connectivity index (χ1v) is 1.40. The quantitative estimate of drug-likeness (QED) is 0.263. The fourth-order valence-electron chi connectivity index (χ4n) is 0.0821. The van der Waals surface area contributed by atoms with Crippen molar-refractivity contribution in [1.82, 2.24) is 0 Å². The Morgan fingerprint density at radius 2 is 2.67 bits per heavy atom. The summed E-state index contributed by atoms with van der Waals surface area (Å²) in [7, 11) is 0. The van der Waals surface area contributed by atoms with Crippen molar-refractivity contribution in [3.8, 4) is 12.3 Å². The highest BCUT2D eigenvalue weighted by Crippen LogP contribution is 1.56. The predicted octanol–water partition coefficient (Wildman–Crippen LogP) is -0.207. The predicted molar refractivity (Wildman–Crippen MR) is 20.8 cm³/mol. The van der Waals surface area contributed by atoms with Crippen molar-refractivity contribution >= 4 is 6.47 Å². The van der Waals surface area contributed by atoms with Crippen LogP contribution in [0.2, 0.25) is 0 Å². The number of rotatable bonds is 2. The summed E-state index contributed by atoms with van der Waals surface area (Å²) in [5, 5.41) is 0. The second kappa shape index (κ2) is 4.03. The average Bonchev–Trinajstić information content (AvgIpc) is 1.61. The van der Waals surface area contributed by atoms with Crippen molar-refractivity contribution in [3.63, 3.8) is 0 Å². The Hall–Kier alpha value is -0.970. The van der Waals surface area contributed by atoms with E-state index < -0.39 is 0 Å². The van der Waals surface area contributed by atoms with Gasteiger partial charge in [0, 0.05) is 0 Å². The van der Waals surface area contributed by atoms with Gasteiger partial charge in [0.25, 0.3) is 6.47 Å². The van der Waals surface area contributed by atoms with Crippen molar-refractivity contribution in [2.24, 2.45) is 0 Å². The molecule has 0 amide bonds. The van der Waals surface area contributed by atoms with Crippen LogP contribution >= 0.6 is 0 Å². The lowest BCUT2D eigenvalue weighted by Crippen LogP contribution is -1.83. The highest BCUT2D eigenvalue weighted by Gasteiger charge is 1.65. The van der Waals surface area contributed by atoms with Crippen LogP contribution in [0.4, 0.5) is 0 Å². The van der Waals surface area contributed by atoms with Gasteiger partial charge >= 0.3 is 0 Å². The van der Waals surface area contributed by atoms with E-state index in [-0.39, 0.29) is 6.61 Å². The summed E-state index contributed by atoms with van der Waals surface area (Å²) in [5.74, 6) is 2.12. The fourth-order valence-corrected chi connectivity index (χ4v) is 0.0821. The fraction of sp³-hybridized carbons (Fsp3) is 0.250. The molecule has 0 fully saturated rings. The van der Waals surface area contributed by atoms with Gasteiger partial charge in [0.15, 0.2) is 6.61 Å². The van der Waals surface area contributed by atoms with Gasteiger partial charge in [-0.15, -0.1) is 6.42 Å². The van der Waals surface area contributed by atoms with E-state index in [2.05, 4.69) is 17.1 Å². The number of ether oxygens (including phenoxy) is 1. The summed E-state index contributed by atoms with van der Waals surface area (Å²) in [4.78, 5) is 9.25. The maximum absolute atomic E-state index is 9.25. The van der Waals surface area contributed by atoms with E-state index in [1.54, 1.807) is 0 Å². The molecule has 32 valence electrons. The maximum atomic E-state index is 9.25. The van der Waals surface area contributed by atoms with Crippen molar-refractivity contribution in [1.29, 1.82) is 0 Å². The second-order valence-electron chi connectivity index (χ2n) is 0.611. The van der Waals surface area contributed by atoms with Crippen LogP contribution in [0.25, 0.3) is 0 Å². The van der Waals surface area contributed by atoms with Crippen molar-refractivity contribution < 1.29 is 9.53 Å². The topological polar surface area (TPSA) is 26.3 Å². The largest absolute Gasteiger partial charge is 0.455 e. The zero-order valence-electron chi connectivity index (χ0n) is 3.18. The third-order valence-corrected chi connectivity index (χ3v) is 0.235. The lowest BCUT2D eigenvalue weighted by molar-refractivity contribution is -0.127. The van der Waals surface area contributed by atoms with E-state index in [1.165, 1.54) is 0 Å². The van der Waals surface area contributed by atoms with Gasteiger partial charge in [-0.1, -0.05) is 5.92 Å². The Labute approximate surface area is 36.1 Å². The van der Waals surface area contributed by atoms with E-state index in [9.17, 15) is 4.79 Å². The molecule has 0 saturated heterocycles. The monoisotopic (exact) mass is 84.0 g/mol. The third-order valence-electron chi connectivity index (χ3n) is 0.235. The second-order valence-corrected chi connectivity index (χ2v) is 0.611. The minimum Gasteiger partial charge on any atom is -0.455 e. The number of hydrogen-bond acceptors (Lipinski definition) is 2. The molecule has 0 N–H and O–H groups in total. The molecule has 2 heteroatoms. The van der Waals surface area contributed by atoms with Gasteiger partial charge in [0.2, 0.25) is 0 Å². The van der Waals surface area contributed by atoms with Crippen LogP contribution in [-0.2, 0) is 9.53 Å². The molecule has 0 atom stereocenters. The van der Waals surface area contributed by atoms with Gasteiger partial charge in [0.1, 0.15) is 0 Å². The Morgan fingerprint density at radius 1 is 2.00 bits per heavy atom. The van der Waals surface area contributed by atoms with E-state index in [1.807, 2.05) is 0 Å². The minimum absolute atomic E-state index is 0.0729. The van der Waals surface area contributed by atoms with Crippen molar-refractivity contribution in [3.05, 3.63) is 0 Å². The van der Waals surface area contributed by atoms with Crippen molar-refractivity contribution in [2.45, 2.75) is 0 Å². The normalized spacial score (nSPS) is 5.83. The van der Waals surface area contributed by atoms with E-state index in [4.69, 9.17) is 0 Å². The summed E-state index contributed by atoms with van der Waals surface area (Å²) in [6.07, 6.45) is 4.68. The summed E-state index contributed by atoms with van der Waals surface area (Å²) < 4.78 is 4.07. The Balaban J connectivity index is 2.72. The SMILES string of the molecule is C#CCOC=O. The van der Waals surface area contributed by atoms with Crippen LogP contribution in [0.5, 0.6) is 0 Å². The smallest absolute Gasteiger partial charge is 0.294 e. The molecule has 0 saturated carbocycles. The molecule has 2 nitrogen and oxygen atoms in total. The number of hydrogen-bond donors (Lipinski definition) is 0. The van der Waals surface area contributed by atoms with Crippen molar-refractivity contribution in [2.75, 3.05) is 6.61 Å². The van der Waals surface area contributed by atoms with Crippen LogP contribution in [0.1, 0.15) is 0 Å². The molecular formula is C4H4O2. The van der Waals surface area contributed by atoms with Gasteiger partial charge in [-0.05, 0) is 0 Å². The minimum atomic E-state index is 0.0729. The molecule has 0 spiro atoms. The lowest BCUT2D eigenvalue weighted by atomic mass is 10.8. The van der Waals surface area contributed by atoms with Gasteiger partial charge in [-0.3, -0.25) is 4.79 Å². The van der Waals surface area contributed by atoms with Crippen LogP contribution < -0.4 is 0 Å². The molecule has 0 aliphatic carbocycles. The molecular weight excluding hydrogens is 80.0 g/mol. The molecule has 0 rings (SSSR count). The molecule has 0 aromatic heterocycles. The maximum Gasteiger partial charge on any atom is 0.294 e. The van der Waals surface area contributed by atoms with E-state index >= 15 is 0 Å². The van der Waals surface area contributed by atoms with Gasteiger partial charge < -0.3 is 4.74 Å². The zero-order chi connectivity index (χ0) is 4.83. The summed E-state index contributed by atoms with van der Waals surface area (Å²) in [5.41, 5.74) is 0. The third kappa shape index (κ3) is 3.03. The standard InChI is InChI=1S/C4H4O2/c1-2-3-6-4-5/h1,4H,3H2. The van der Waals surface area contributed by atoms with Crippen LogP contribution in [-0.4, -0.2) is 13.1 Å². The molecule has 0 aromatic carbocycles. The Morgan fingerprint density at radius 3 is 2.83 bits per heavy atom. The summed E-state index contributed by atoms with van der Waals surface area (Å²) >= 11 is 0. The van der Waals surface area contributed by atoms with E-state index in [0.29, 0.717) is 6.47 Å². The Kier molecular flexibility index (Phi) is 3.38. The molecule has 6 heavy (non-hydrogen) atoms. The highest BCUT2D eigenvalue weighted by atomic mass is 16.5. The molecule has 0 heterocycles. The van der Waals surface area contributed by atoms with Gasteiger partial charge in [-0.2, -0.15) is 0 Å². The molecule has 0 aromatic rings. The molecule has 0 aliphatic heterocycles. The number of carbonyl (C=O) groups excluding carboxylic acids is 1. The van der Waals surface area contributed by atoms with Gasteiger partial charge in [-0.25, -0.2) is 0 Å². The first kappa shape index (κ1) is 5.03. The summed E-state index contributed by atoms with van der Waals surface area (Å²) in [6, 6.07) is 0. The molecule has 0 unspecified atom stereocenters. The first-order valence-electron chi connectivity index (χ1n) is 1.40. The molecule has 0 aliphatic rings. The molecule has 0 radical (unpaired) electrons. The van der Waals surface area contributed by atoms with Crippen LogP contribution in [0, 0.1) is 12.3 Å².